The molecule has 0 atom stereocenters. The number of sulfone groups is 1. The number of halogens is 2. The summed E-state index contributed by atoms with van der Waals surface area (Å²) in [5.41, 5.74) is 2.23. The van der Waals surface area contributed by atoms with Crippen LogP contribution in [0.1, 0.15) is 17.6 Å². The number of alkyl halides is 2. The highest BCUT2D eigenvalue weighted by Crippen LogP contribution is 2.35. The second kappa shape index (κ2) is 7.97. The lowest BCUT2D eigenvalue weighted by Crippen LogP contribution is -1.99. The van der Waals surface area contributed by atoms with Crippen molar-refractivity contribution >= 4 is 9.84 Å². The van der Waals surface area contributed by atoms with Crippen molar-refractivity contribution < 1.29 is 21.9 Å². The molecule has 0 radical (unpaired) electrons. The normalized spacial score (nSPS) is 11.3. The van der Waals surface area contributed by atoms with Gasteiger partial charge in [0.05, 0.1) is 17.7 Å². The summed E-state index contributed by atoms with van der Waals surface area (Å²) in [7, 11) is -1.98. The van der Waals surface area contributed by atoms with Gasteiger partial charge in [-0.1, -0.05) is 36.4 Å². The van der Waals surface area contributed by atoms with Gasteiger partial charge < -0.3 is 4.74 Å². The first-order chi connectivity index (χ1) is 13.7. The molecule has 0 aliphatic carbocycles. The van der Waals surface area contributed by atoms with Gasteiger partial charge in [-0.3, -0.25) is 0 Å². The largest absolute Gasteiger partial charge is 0.480 e. The average Bonchev–Trinajstić information content (AvgIpc) is 2.72. The van der Waals surface area contributed by atoms with Gasteiger partial charge in [-0.05, 0) is 23.8 Å². The van der Waals surface area contributed by atoms with Crippen molar-refractivity contribution in [2.24, 2.45) is 0 Å². The summed E-state index contributed by atoms with van der Waals surface area (Å²) >= 11 is 0. The minimum Gasteiger partial charge on any atom is -0.480 e. The van der Waals surface area contributed by atoms with Crippen LogP contribution in [0.3, 0.4) is 0 Å². The monoisotopic (exact) mass is 414 g/mol. The Labute approximate surface area is 167 Å². The molecule has 0 aliphatic heterocycles. The Bertz CT molecular complexity index is 1180. The molecule has 0 unspecified atom stereocenters. The fourth-order valence-electron chi connectivity index (χ4n) is 2.84. The van der Waals surface area contributed by atoms with E-state index in [-0.39, 0.29) is 21.9 Å². The molecule has 0 saturated heterocycles. The van der Waals surface area contributed by atoms with Crippen molar-refractivity contribution in [3.8, 4) is 34.3 Å². The lowest BCUT2D eigenvalue weighted by Gasteiger charge is -2.13. The Balaban J connectivity index is 2.21. The molecule has 0 saturated carbocycles. The van der Waals surface area contributed by atoms with Crippen LogP contribution in [0.4, 0.5) is 8.78 Å². The topological polar surface area (TPSA) is 80.0 Å². The molecule has 0 fully saturated rings. The van der Waals surface area contributed by atoms with Crippen molar-refractivity contribution in [3.05, 3.63) is 65.7 Å². The molecular formula is C21H16F2N2O3S. The predicted molar refractivity (Wildman–Crippen MR) is 104 cm³/mol. The average molecular weight is 414 g/mol. The number of methoxy groups -OCH3 is 1. The highest BCUT2D eigenvalue weighted by atomic mass is 32.2. The highest BCUT2D eigenvalue weighted by molar-refractivity contribution is 7.90. The molecule has 5 nitrogen and oxygen atoms in total. The van der Waals surface area contributed by atoms with Gasteiger partial charge in [0.25, 0.3) is 6.43 Å². The number of hydrogen-bond acceptors (Lipinski definition) is 5. The van der Waals surface area contributed by atoms with E-state index in [0.29, 0.717) is 22.4 Å². The molecule has 2 aromatic carbocycles. The zero-order valence-corrected chi connectivity index (χ0v) is 16.4. The maximum atomic E-state index is 12.9. The summed E-state index contributed by atoms with van der Waals surface area (Å²) in [6.07, 6.45) is -1.48. The highest BCUT2D eigenvalue weighted by Gasteiger charge is 2.17. The Morgan fingerprint density at radius 2 is 1.62 bits per heavy atom. The van der Waals surface area contributed by atoms with Crippen molar-refractivity contribution in [2.45, 2.75) is 11.3 Å². The quantitative estimate of drug-likeness (QED) is 0.608. The third-order valence-electron chi connectivity index (χ3n) is 4.33. The number of hydrogen-bond donors (Lipinski definition) is 0. The van der Waals surface area contributed by atoms with Gasteiger partial charge in [-0.15, -0.1) is 0 Å². The molecule has 1 aromatic heterocycles. The Kier molecular flexibility index (Phi) is 5.62. The molecule has 0 amide bonds. The van der Waals surface area contributed by atoms with Crippen LogP contribution in [-0.2, 0) is 9.84 Å². The SMILES string of the molecule is COc1nc(-c2ccc(C(F)F)cc2)c(-c2ccc(S(C)(=O)=O)cc2)cc1C#N. The fourth-order valence-corrected chi connectivity index (χ4v) is 3.47. The molecule has 8 heteroatoms. The van der Waals surface area contributed by atoms with Gasteiger partial charge in [-0.2, -0.15) is 5.26 Å². The first-order valence-corrected chi connectivity index (χ1v) is 10.3. The summed E-state index contributed by atoms with van der Waals surface area (Å²) in [5, 5.41) is 9.40. The van der Waals surface area contributed by atoms with E-state index in [4.69, 9.17) is 4.74 Å². The van der Waals surface area contributed by atoms with Crippen LogP contribution in [0, 0.1) is 11.3 Å². The number of benzene rings is 2. The third-order valence-corrected chi connectivity index (χ3v) is 5.46. The Morgan fingerprint density at radius 1 is 1.03 bits per heavy atom. The summed E-state index contributed by atoms with van der Waals surface area (Å²) in [6, 6.07) is 15.4. The summed E-state index contributed by atoms with van der Waals surface area (Å²) in [4.78, 5) is 4.56. The van der Waals surface area contributed by atoms with Gasteiger partial charge in [0.2, 0.25) is 5.88 Å². The lowest BCUT2D eigenvalue weighted by atomic mass is 9.97. The van der Waals surface area contributed by atoms with Gasteiger partial charge in [0, 0.05) is 22.9 Å². The van der Waals surface area contributed by atoms with Crippen molar-refractivity contribution in [2.75, 3.05) is 13.4 Å². The number of rotatable bonds is 5. The molecule has 29 heavy (non-hydrogen) atoms. The predicted octanol–water partition coefficient (Wildman–Crippen LogP) is 4.64. The zero-order chi connectivity index (χ0) is 21.2. The van der Waals surface area contributed by atoms with E-state index in [0.717, 1.165) is 6.26 Å². The number of aromatic nitrogens is 1. The number of pyridine rings is 1. The smallest absolute Gasteiger partial charge is 0.263 e. The maximum Gasteiger partial charge on any atom is 0.263 e. The number of nitrogens with zero attached hydrogens (tertiary/aromatic N) is 2. The van der Waals surface area contributed by atoms with E-state index in [1.807, 2.05) is 6.07 Å². The van der Waals surface area contributed by atoms with Crippen LogP contribution >= 0.6 is 0 Å². The molecular weight excluding hydrogens is 398 g/mol. The summed E-state index contributed by atoms with van der Waals surface area (Å²) < 4.78 is 54.3. The first-order valence-electron chi connectivity index (χ1n) is 8.42. The molecule has 0 aliphatic rings. The van der Waals surface area contributed by atoms with Gasteiger partial charge >= 0.3 is 0 Å². The standard InChI is InChI=1S/C21H16F2N2O3S/c1-28-21-16(12-24)11-18(13-7-9-17(10-8-13)29(2,26)27)19(25-21)14-3-5-15(6-4-14)20(22)23/h3-11,20H,1-2H3. The van der Waals surface area contributed by atoms with Crippen molar-refractivity contribution in [1.29, 1.82) is 5.26 Å². The van der Waals surface area contributed by atoms with Crippen LogP contribution in [0.15, 0.2) is 59.5 Å². The number of nitriles is 1. The van der Waals surface area contributed by atoms with E-state index < -0.39 is 16.3 Å². The van der Waals surface area contributed by atoms with Crippen LogP contribution < -0.4 is 4.74 Å². The third kappa shape index (κ3) is 4.25. The zero-order valence-electron chi connectivity index (χ0n) is 15.6. The number of ether oxygens (including phenoxy) is 1. The summed E-state index contributed by atoms with van der Waals surface area (Å²) in [6.45, 7) is 0. The maximum absolute atomic E-state index is 12.9. The van der Waals surface area contributed by atoms with Crippen molar-refractivity contribution in [1.82, 2.24) is 4.98 Å². The molecule has 0 spiro atoms. The van der Waals surface area contributed by atoms with E-state index in [1.165, 1.54) is 43.5 Å². The fraction of sp³-hybridized carbons (Fsp3) is 0.143. The molecule has 1 heterocycles. The van der Waals surface area contributed by atoms with Crippen LogP contribution in [-0.4, -0.2) is 26.8 Å². The molecule has 3 aromatic rings. The van der Waals surface area contributed by atoms with Crippen LogP contribution in [0.5, 0.6) is 5.88 Å². The summed E-state index contributed by atoms with van der Waals surface area (Å²) in [5.74, 6) is 0.108. The molecule has 3 rings (SSSR count). The lowest BCUT2D eigenvalue weighted by molar-refractivity contribution is 0.151. The van der Waals surface area contributed by atoms with Gasteiger partial charge in [0.1, 0.15) is 11.6 Å². The van der Waals surface area contributed by atoms with Crippen molar-refractivity contribution in [3.63, 3.8) is 0 Å². The Hall–Kier alpha value is -3.31. The van der Waals surface area contributed by atoms with Gasteiger partial charge in [0.15, 0.2) is 9.84 Å². The second-order valence-corrected chi connectivity index (χ2v) is 8.29. The van der Waals surface area contributed by atoms with E-state index in [9.17, 15) is 22.5 Å². The van der Waals surface area contributed by atoms with Crippen LogP contribution in [0.2, 0.25) is 0 Å². The Morgan fingerprint density at radius 3 is 2.10 bits per heavy atom. The second-order valence-electron chi connectivity index (χ2n) is 6.27. The first kappa shape index (κ1) is 20.4. The molecule has 148 valence electrons. The van der Waals surface area contributed by atoms with E-state index >= 15 is 0 Å². The van der Waals surface area contributed by atoms with E-state index in [1.54, 1.807) is 18.2 Å². The molecule has 0 N–H and O–H groups in total. The van der Waals surface area contributed by atoms with E-state index in [2.05, 4.69) is 4.98 Å². The van der Waals surface area contributed by atoms with Crippen LogP contribution in [0.25, 0.3) is 22.4 Å². The molecule has 0 bridgehead atoms. The minimum atomic E-state index is -3.36. The minimum absolute atomic E-state index is 0.108. The van der Waals surface area contributed by atoms with Gasteiger partial charge in [-0.25, -0.2) is 22.2 Å².